The first kappa shape index (κ1) is 16.1. The Kier molecular flexibility index (Phi) is 3.56. The normalized spacial score (nSPS) is 29.1. The van der Waals surface area contributed by atoms with Crippen LogP contribution in [0.3, 0.4) is 0 Å². The van der Waals surface area contributed by atoms with Gasteiger partial charge in [0, 0.05) is 19.6 Å². The summed E-state index contributed by atoms with van der Waals surface area (Å²) in [5.74, 6) is -0.788. The number of imide groups is 1. The van der Waals surface area contributed by atoms with E-state index in [2.05, 4.69) is 0 Å². The molecular weight excluding hydrogens is 325 g/mol. The molecule has 4 rings (SSSR count). The summed E-state index contributed by atoms with van der Waals surface area (Å²) < 4.78 is 13.0. The summed E-state index contributed by atoms with van der Waals surface area (Å²) in [6.45, 7) is 3.19. The van der Waals surface area contributed by atoms with E-state index in [-0.39, 0.29) is 23.7 Å². The van der Waals surface area contributed by atoms with Crippen LogP contribution in [-0.2, 0) is 16.1 Å². The van der Waals surface area contributed by atoms with Crippen molar-refractivity contribution in [2.45, 2.75) is 44.3 Å². The van der Waals surface area contributed by atoms with Crippen molar-refractivity contribution in [3.05, 3.63) is 35.6 Å². The molecule has 4 amide bonds. The van der Waals surface area contributed by atoms with Crippen LogP contribution in [0, 0.1) is 5.82 Å². The number of nitrogens with zero attached hydrogens (tertiary/aromatic N) is 3. The predicted molar refractivity (Wildman–Crippen MR) is 86.8 cm³/mol. The standard InChI is InChI=1S/C18H20FN3O3/c1-18-8-2-9-21(18)17(25)22(16(18)24)14-7-10-20(15(14)23)11-12-3-5-13(19)6-4-12/h3-6,14H,2,7-11H2,1H3/t14-,18+/m0/s1. The van der Waals surface area contributed by atoms with Gasteiger partial charge in [0.25, 0.3) is 5.91 Å². The Morgan fingerprint density at radius 2 is 1.88 bits per heavy atom. The van der Waals surface area contributed by atoms with E-state index >= 15 is 0 Å². The lowest BCUT2D eigenvalue weighted by molar-refractivity contribution is -0.140. The summed E-state index contributed by atoms with van der Waals surface area (Å²) in [6.07, 6.45) is 1.91. The van der Waals surface area contributed by atoms with E-state index in [9.17, 15) is 18.8 Å². The van der Waals surface area contributed by atoms with E-state index in [0.717, 1.165) is 12.0 Å². The van der Waals surface area contributed by atoms with Crippen LogP contribution in [0.5, 0.6) is 0 Å². The van der Waals surface area contributed by atoms with Crippen molar-refractivity contribution >= 4 is 17.8 Å². The largest absolute Gasteiger partial charge is 0.336 e. The quantitative estimate of drug-likeness (QED) is 0.784. The van der Waals surface area contributed by atoms with Crippen molar-refractivity contribution in [1.29, 1.82) is 0 Å². The number of rotatable bonds is 3. The molecule has 0 saturated carbocycles. The molecule has 3 aliphatic heterocycles. The van der Waals surface area contributed by atoms with Crippen LogP contribution in [-0.4, -0.2) is 57.2 Å². The highest BCUT2D eigenvalue weighted by Crippen LogP contribution is 2.39. The lowest BCUT2D eigenvalue weighted by Gasteiger charge is -2.23. The maximum Gasteiger partial charge on any atom is 0.328 e. The molecular formula is C18H20FN3O3. The molecule has 0 N–H and O–H groups in total. The van der Waals surface area contributed by atoms with E-state index in [0.29, 0.717) is 32.5 Å². The minimum Gasteiger partial charge on any atom is -0.336 e. The molecule has 6 nitrogen and oxygen atoms in total. The van der Waals surface area contributed by atoms with E-state index in [1.54, 1.807) is 28.9 Å². The number of benzene rings is 1. The minimum atomic E-state index is -0.790. The van der Waals surface area contributed by atoms with E-state index in [1.807, 2.05) is 0 Å². The Morgan fingerprint density at radius 1 is 1.16 bits per heavy atom. The molecule has 0 aromatic heterocycles. The summed E-state index contributed by atoms with van der Waals surface area (Å²) in [5.41, 5.74) is 0.0314. The molecule has 0 unspecified atom stereocenters. The van der Waals surface area contributed by atoms with Crippen LogP contribution in [0.1, 0.15) is 31.7 Å². The number of halogens is 1. The van der Waals surface area contributed by atoms with Crippen LogP contribution < -0.4 is 0 Å². The fraction of sp³-hybridized carbons (Fsp3) is 0.500. The third kappa shape index (κ3) is 2.33. The first-order valence-electron chi connectivity index (χ1n) is 8.60. The summed E-state index contributed by atoms with van der Waals surface area (Å²) in [5, 5.41) is 0. The number of carbonyl (C=O) groups excluding carboxylic acids is 3. The van der Waals surface area contributed by atoms with Gasteiger partial charge in [-0.1, -0.05) is 12.1 Å². The van der Waals surface area contributed by atoms with E-state index in [4.69, 9.17) is 0 Å². The predicted octanol–water partition coefficient (Wildman–Crippen LogP) is 1.74. The monoisotopic (exact) mass is 345 g/mol. The van der Waals surface area contributed by atoms with Gasteiger partial charge in [0.15, 0.2) is 0 Å². The fourth-order valence-electron chi connectivity index (χ4n) is 4.17. The molecule has 0 aliphatic carbocycles. The first-order valence-corrected chi connectivity index (χ1v) is 8.60. The average Bonchev–Trinajstić information content (AvgIpc) is 3.19. The maximum absolute atomic E-state index is 13.0. The smallest absolute Gasteiger partial charge is 0.328 e. The van der Waals surface area contributed by atoms with Crippen molar-refractivity contribution < 1.29 is 18.8 Å². The lowest BCUT2D eigenvalue weighted by Crippen LogP contribution is -2.47. The summed E-state index contributed by atoms with van der Waals surface area (Å²) in [4.78, 5) is 42.6. The zero-order valence-corrected chi connectivity index (χ0v) is 14.1. The van der Waals surface area contributed by atoms with Gasteiger partial charge in [0.05, 0.1) is 0 Å². The van der Waals surface area contributed by atoms with E-state index < -0.39 is 11.6 Å². The number of hydrogen-bond acceptors (Lipinski definition) is 3. The molecule has 0 bridgehead atoms. The van der Waals surface area contributed by atoms with Gasteiger partial charge >= 0.3 is 6.03 Å². The van der Waals surface area contributed by atoms with Crippen LogP contribution in [0.2, 0.25) is 0 Å². The Morgan fingerprint density at radius 3 is 2.56 bits per heavy atom. The van der Waals surface area contributed by atoms with Crippen LogP contribution in [0.25, 0.3) is 0 Å². The van der Waals surface area contributed by atoms with E-state index in [1.165, 1.54) is 17.0 Å². The summed E-state index contributed by atoms with van der Waals surface area (Å²) in [6, 6.07) is 4.93. The fourth-order valence-corrected chi connectivity index (χ4v) is 4.17. The van der Waals surface area contributed by atoms with Gasteiger partial charge in [-0.05, 0) is 43.9 Å². The molecule has 25 heavy (non-hydrogen) atoms. The molecule has 2 atom stereocenters. The van der Waals surface area contributed by atoms with Crippen molar-refractivity contribution in [2.75, 3.05) is 13.1 Å². The number of amides is 4. The second kappa shape index (κ2) is 5.54. The van der Waals surface area contributed by atoms with Crippen LogP contribution >= 0.6 is 0 Å². The van der Waals surface area contributed by atoms with Gasteiger partial charge in [-0.3, -0.25) is 9.59 Å². The molecule has 3 heterocycles. The summed E-state index contributed by atoms with van der Waals surface area (Å²) in [7, 11) is 0. The lowest BCUT2D eigenvalue weighted by atomic mass is 9.99. The second-order valence-corrected chi connectivity index (χ2v) is 7.18. The number of hydrogen-bond donors (Lipinski definition) is 0. The van der Waals surface area contributed by atoms with Gasteiger partial charge < -0.3 is 9.80 Å². The third-order valence-electron chi connectivity index (χ3n) is 5.63. The molecule has 1 aromatic carbocycles. The molecule has 7 heteroatoms. The topological polar surface area (TPSA) is 60.9 Å². The highest BCUT2D eigenvalue weighted by Gasteiger charge is 2.59. The number of likely N-dealkylation sites (tertiary alicyclic amines) is 1. The van der Waals surface area contributed by atoms with Crippen molar-refractivity contribution in [2.24, 2.45) is 0 Å². The number of carbonyl (C=O) groups is 3. The zero-order valence-electron chi connectivity index (χ0n) is 14.1. The summed E-state index contributed by atoms with van der Waals surface area (Å²) >= 11 is 0. The Balaban J connectivity index is 1.51. The van der Waals surface area contributed by atoms with Gasteiger partial charge in [-0.25, -0.2) is 14.1 Å². The SMILES string of the molecule is C[C@]12CCCN1C(=O)N([C@H]1CCN(Cc3ccc(F)cc3)C1=O)C2=O. The molecule has 3 aliphatic rings. The molecule has 0 spiro atoms. The van der Waals surface area contributed by atoms with Crippen LogP contribution in [0.4, 0.5) is 9.18 Å². The molecule has 132 valence electrons. The Labute approximate surface area is 145 Å². The van der Waals surface area contributed by atoms with Gasteiger partial charge in [-0.15, -0.1) is 0 Å². The van der Waals surface area contributed by atoms with Crippen molar-refractivity contribution in [1.82, 2.24) is 14.7 Å². The molecule has 1 aromatic rings. The molecule has 3 fully saturated rings. The highest BCUT2D eigenvalue weighted by atomic mass is 19.1. The molecule has 3 saturated heterocycles. The highest BCUT2D eigenvalue weighted by molar-refractivity contribution is 6.10. The third-order valence-corrected chi connectivity index (χ3v) is 5.63. The zero-order chi connectivity index (χ0) is 17.8. The molecule has 0 radical (unpaired) electrons. The average molecular weight is 345 g/mol. The first-order chi connectivity index (χ1) is 11.9. The van der Waals surface area contributed by atoms with Crippen molar-refractivity contribution in [3.8, 4) is 0 Å². The van der Waals surface area contributed by atoms with Crippen molar-refractivity contribution in [3.63, 3.8) is 0 Å². The van der Waals surface area contributed by atoms with Gasteiger partial charge in [0.2, 0.25) is 5.91 Å². The minimum absolute atomic E-state index is 0.212. The number of urea groups is 1. The maximum atomic E-state index is 13.0. The van der Waals surface area contributed by atoms with Crippen LogP contribution in [0.15, 0.2) is 24.3 Å². The Hall–Kier alpha value is -2.44. The van der Waals surface area contributed by atoms with Gasteiger partial charge in [-0.2, -0.15) is 0 Å². The second-order valence-electron chi connectivity index (χ2n) is 7.18. The Bertz CT molecular complexity index is 750. The number of fused-ring (bicyclic) bond motifs is 1. The van der Waals surface area contributed by atoms with Gasteiger partial charge in [0.1, 0.15) is 17.4 Å².